The molecule has 1 saturated heterocycles. The average molecular weight is 508 g/mol. The van der Waals surface area contributed by atoms with E-state index >= 15 is 0 Å². The molecule has 38 heavy (non-hydrogen) atoms. The summed E-state index contributed by atoms with van der Waals surface area (Å²) in [5.41, 5.74) is 5.60. The second-order valence-corrected chi connectivity index (χ2v) is 10.3. The molecule has 5 aromatic rings. The van der Waals surface area contributed by atoms with E-state index in [-0.39, 0.29) is 11.8 Å². The van der Waals surface area contributed by atoms with Crippen molar-refractivity contribution in [3.63, 3.8) is 0 Å². The van der Waals surface area contributed by atoms with Gasteiger partial charge in [-0.3, -0.25) is 19.9 Å². The molecule has 10 nitrogen and oxygen atoms in total. The molecule has 3 N–H and O–H groups in total. The monoisotopic (exact) mass is 507 g/mol. The number of amides is 1. The largest absolute Gasteiger partial charge is 0.355 e. The molecule has 0 atom stereocenters. The molecule has 2 fully saturated rings. The summed E-state index contributed by atoms with van der Waals surface area (Å²) >= 11 is 0. The predicted molar refractivity (Wildman–Crippen MR) is 147 cm³/mol. The standard InChI is InChI=1S/C28H29N9O/c38-28(17-6-2-3-7-17)32-19-12-18(14-29-15-19)22-13-20-23(16-31-22)35-36-24(20)26-33-21-8-9-30-27(25(21)34-26)37-10-4-1-5-11-37/h8-9,12-17H,1-7,10-11H2,(H,32,38)(H,33,34)(H,35,36). The van der Waals surface area contributed by atoms with Crippen molar-refractivity contribution < 1.29 is 4.79 Å². The molecule has 1 aliphatic carbocycles. The Bertz CT molecular complexity index is 1630. The summed E-state index contributed by atoms with van der Waals surface area (Å²) in [6.45, 7) is 2.01. The third kappa shape index (κ3) is 4.15. The van der Waals surface area contributed by atoms with Crippen LogP contribution in [-0.4, -0.2) is 54.1 Å². The Balaban J connectivity index is 1.22. The van der Waals surface area contributed by atoms with E-state index in [0.29, 0.717) is 11.5 Å². The normalized spacial score (nSPS) is 16.5. The number of imidazole rings is 1. The van der Waals surface area contributed by atoms with Gasteiger partial charge in [0.2, 0.25) is 5.91 Å². The van der Waals surface area contributed by atoms with Gasteiger partial charge in [0.05, 0.1) is 34.8 Å². The molecular formula is C28H29N9O. The molecule has 6 heterocycles. The van der Waals surface area contributed by atoms with Gasteiger partial charge in [0.15, 0.2) is 11.6 Å². The highest BCUT2D eigenvalue weighted by Crippen LogP contribution is 2.32. The third-order valence-corrected chi connectivity index (χ3v) is 7.74. The Hall–Kier alpha value is -4.34. The lowest BCUT2D eigenvalue weighted by Gasteiger charge is -2.27. The zero-order valence-electron chi connectivity index (χ0n) is 21.1. The first kappa shape index (κ1) is 22.8. The molecule has 0 unspecified atom stereocenters. The van der Waals surface area contributed by atoms with Gasteiger partial charge in [-0.2, -0.15) is 5.10 Å². The van der Waals surface area contributed by atoms with Crippen LogP contribution in [-0.2, 0) is 4.79 Å². The van der Waals surface area contributed by atoms with Crippen LogP contribution in [0.4, 0.5) is 11.5 Å². The molecule has 5 aromatic heterocycles. The lowest BCUT2D eigenvalue weighted by molar-refractivity contribution is -0.119. The molecule has 2 aliphatic rings. The molecule has 0 radical (unpaired) electrons. The van der Waals surface area contributed by atoms with Crippen molar-refractivity contribution in [1.29, 1.82) is 0 Å². The second kappa shape index (κ2) is 9.51. The highest BCUT2D eigenvalue weighted by Gasteiger charge is 2.23. The number of carbonyl (C=O) groups excluding carboxylic acids is 1. The van der Waals surface area contributed by atoms with E-state index in [9.17, 15) is 4.79 Å². The first-order valence-electron chi connectivity index (χ1n) is 13.4. The molecule has 10 heteroatoms. The molecule has 1 aliphatic heterocycles. The van der Waals surface area contributed by atoms with Gasteiger partial charge in [0.1, 0.15) is 11.2 Å². The van der Waals surface area contributed by atoms with Crippen molar-refractivity contribution in [3.8, 4) is 22.8 Å². The highest BCUT2D eigenvalue weighted by atomic mass is 16.1. The maximum absolute atomic E-state index is 12.6. The number of pyridine rings is 3. The Labute approximate surface area is 219 Å². The summed E-state index contributed by atoms with van der Waals surface area (Å²) in [6.07, 6.45) is 14.8. The van der Waals surface area contributed by atoms with E-state index in [4.69, 9.17) is 4.98 Å². The van der Waals surface area contributed by atoms with Crippen LogP contribution in [0.5, 0.6) is 0 Å². The quantitative estimate of drug-likeness (QED) is 0.303. The molecule has 192 valence electrons. The zero-order chi connectivity index (χ0) is 25.5. The number of aromatic nitrogens is 7. The first-order valence-corrected chi connectivity index (χ1v) is 13.4. The van der Waals surface area contributed by atoms with Gasteiger partial charge in [0, 0.05) is 42.4 Å². The topological polar surface area (TPSA) is 128 Å². The van der Waals surface area contributed by atoms with Gasteiger partial charge in [-0.05, 0) is 50.3 Å². The van der Waals surface area contributed by atoms with E-state index in [2.05, 4.69) is 40.3 Å². The van der Waals surface area contributed by atoms with Gasteiger partial charge >= 0.3 is 0 Å². The summed E-state index contributed by atoms with van der Waals surface area (Å²) in [5, 5.41) is 11.6. The number of hydrogen-bond donors (Lipinski definition) is 3. The van der Waals surface area contributed by atoms with Crippen molar-refractivity contribution >= 4 is 39.3 Å². The van der Waals surface area contributed by atoms with Crippen molar-refractivity contribution in [2.24, 2.45) is 5.92 Å². The zero-order valence-corrected chi connectivity index (χ0v) is 21.1. The number of rotatable bonds is 5. The number of nitrogens with zero attached hydrogens (tertiary/aromatic N) is 6. The van der Waals surface area contributed by atoms with Crippen LogP contribution >= 0.6 is 0 Å². The van der Waals surface area contributed by atoms with Crippen molar-refractivity contribution in [1.82, 2.24) is 35.1 Å². The number of fused-ring (bicyclic) bond motifs is 2. The predicted octanol–water partition coefficient (Wildman–Crippen LogP) is 5.08. The van der Waals surface area contributed by atoms with Crippen molar-refractivity contribution in [2.45, 2.75) is 44.9 Å². The number of H-pyrrole nitrogens is 2. The Morgan fingerprint density at radius 1 is 0.974 bits per heavy atom. The minimum Gasteiger partial charge on any atom is -0.355 e. The van der Waals surface area contributed by atoms with Crippen LogP contribution in [0.25, 0.3) is 44.7 Å². The van der Waals surface area contributed by atoms with Crippen molar-refractivity contribution in [2.75, 3.05) is 23.3 Å². The molecule has 0 bridgehead atoms. The Morgan fingerprint density at radius 2 is 1.84 bits per heavy atom. The van der Waals surface area contributed by atoms with Crippen LogP contribution < -0.4 is 10.2 Å². The van der Waals surface area contributed by atoms with Crippen LogP contribution in [0, 0.1) is 5.92 Å². The lowest BCUT2D eigenvalue weighted by Crippen LogP contribution is -2.30. The summed E-state index contributed by atoms with van der Waals surface area (Å²) in [5.74, 6) is 1.78. The third-order valence-electron chi connectivity index (χ3n) is 7.74. The van der Waals surface area contributed by atoms with Crippen molar-refractivity contribution in [3.05, 3.63) is 43.0 Å². The van der Waals surface area contributed by atoms with Gasteiger partial charge in [-0.1, -0.05) is 12.8 Å². The van der Waals surface area contributed by atoms with E-state index in [1.807, 2.05) is 24.4 Å². The SMILES string of the molecule is O=C(Nc1cncc(-c2cc3c(-c4nc5c(N6CCCCC6)nccc5[nH]4)n[nH]c3cn2)c1)C1CCCC1. The van der Waals surface area contributed by atoms with E-state index in [0.717, 1.165) is 83.5 Å². The van der Waals surface area contributed by atoms with E-state index in [1.54, 1.807) is 18.6 Å². The fourth-order valence-corrected chi connectivity index (χ4v) is 5.71. The second-order valence-electron chi connectivity index (χ2n) is 10.3. The molecule has 1 amide bonds. The number of nitrogens with one attached hydrogen (secondary N) is 3. The fourth-order valence-electron chi connectivity index (χ4n) is 5.71. The maximum Gasteiger partial charge on any atom is 0.227 e. The average Bonchev–Trinajstić information content (AvgIpc) is 3.73. The first-order chi connectivity index (χ1) is 18.7. The van der Waals surface area contributed by atoms with Crippen LogP contribution in [0.15, 0.2) is 43.0 Å². The fraction of sp³-hybridized carbons (Fsp3) is 0.357. The summed E-state index contributed by atoms with van der Waals surface area (Å²) in [7, 11) is 0. The number of aromatic amines is 2. The van der Waals surface area contributed by atoms with Crippen LogP contribution in [0.1, 0.15) is 44.9 Å². The molecule has 0 aromatic carbocycles. The number of carbonyl (C=O) groups is 1. The minimum absolute atomic E-state index is 0.0743. The molecular weight excluding hydrogens is 478 g/mol. The molecule has 1 saturated carbocycles. The van der Waals surface area contributed by atoms with Gasteiger partial charge in [0.25, 0.3) is 0 Å². The van der Waals surface area contributed by atoms with Gasteiger partial charge < -0.3 is 15.2 Å². The number of hydrogen-bond acceptors (Lipinski definition) is 7. The Kier molecular flexibility index (Phi) is 5.71. The van der Waals surface area contributed by atoms with Crippen LogP contribution in [0.3, 0.4) is 0 Å². The number of anilines is 2. The summed E-state index contributed by atoms with van der Waals surface area (Å²) < 4.78 is 0. The van der Waals surface area contributed by atoms with Crippen LogP contribution in [0.2, 0.25) is 0 Å². The van der Waals surface area contributed by atoms with Gasteiger partial charge in [-0.25, -0.2) is 9.97 Å². The van der Waals surface area contributed by atoms with E-state index in [1.165, 1.54) is 19.3 Å². The summed E-state index contributed by atoms with van der Waals surface area (Å²) in [6, 6.07) is 5.87. The van der Waals surface area contributed by atoms with E-state index < -0.39 is 0 Å². The lowest BCUT2D eigenvalue weighted by atomic mass is 10.1. The highest BCUT2D eigenvalue weighted by molar-refractivity contribution is 5.97. The molecule has 7 rings (SSSR count). The minimum atomic E-state index is 0.0743. The maximum atomic E-state index is 12.6. The Morgan fingerprint density at radius 3 is 2.71 bits per heavy atom. The smallest absolute Gasteiger partial charge is 0.227 e. The van der Waals surface area contributed by atoms with Gasteiger partial charge in [-0.15, -0.1) is 0 Å². The summed E-state index contributed by atoms with van der Waals surface area (Å²) in [4.78, 5) is 37.0. The molecule has 0 spiro atoms. The number of piperidine rings is 1.